The fraction of sp³-hybridized carbons (Fsp3) is 0.333. The Morgan fingerprint density at radius 3 is 2.79 bits per heavy atom. The van der Waals surface area contributed by atoms with E-state index in [1.54, 1.807) is 12.3 Å². The second-order valence-electron chi connectivity index (χ2n) is 6.01. The molecule has 3 aromatic rings. The van der Waals surface area contributed by atoms with Gasteiger partial charge in [-0.25, -0.2) is 15.0 Å². The fourth-order valence-corrected chi connectivity index (χ4v) is 3.12. The molecule has 4 rings (SSSR count). The number of hydrogen-bond acceptors (Lipinski definition) is 6. The fourth-order valence-electron chi connectivity index (χ4n) is 3.12. The summed E-state index contributed by atoms with van der Waals surface area (Å²) in [5.74, 6) is 0.282. The Labute approximate surface area is 139 Å². The number of benzene rings is 1. The van der Waals surface area contributed by atoms with Crippen LogP contribution in [-0.2, 0) is 0 Å². The molecule has 1 aliphatic carbocycles. The van der Waals surface area contributed by atoms with Gasteiger partial charge in [0.05, 0.1) is 11.8 Å². The molecule has 0 spiro atoms. The van der Waals surface area contributed by atoms with Crippen molar-refractivity contribution in [1.82, 2.24) is 15.0 Å². The summed E-state index contributed by atoms with van der Waals surface area (Å²) in [6.45, 7) is 0. The molecule has 120 valence electrons. The van der Waals surface area contributed by atoms with Gasteiger partial charge in [0.15, 0.2) is 11.5 Å². The van der Waals surface area contributed by atoms with Crippen LogP contribution in [0.1, 0.15) is 43.2 Å². The molecule has 6 heteroatoms. The molecule has 24 heavy (non-hydrogen) atoms. The number of nitrogens with one attached hydrogen (secondary N) is 1. The highest BCUT2D eigenvalue weighted by molar-refractivity contribution is 5.72. The molecule has 0 radical (unpaired) electrons. The molecular weight excluding hydrogens is 302 g/mol. The Kier molecular flexibility index (Phi) is 3.83. The maximum atomic E-state index is 9.60. The normalized spacial score (nSPS) is 16.1. The van der Waals surface area contributed by atoms with Crippen LogP contribution in [0.25, 0.3) is 11.1 Å². The minimum absolute atomic E-state index is 0.365. The molecule has 6 nitrogen and oxygen atoms in total. The highest BCUT2D eigenvalue weighted by atomic mass is 16.3. The monoisotopic (exact) mass is 319 g/mol. The number of nitrogens with zero attached hydrogens (tertiary/aromatic N) is 4. The summed E-state index contributed by atoms with van der Waals surface area (Å²) in [7, 11) is 0. The number of para-hydroxylation sites is 2. The average Bonchev–Trinajstić information content (AvgIpc) is 3.25. The summed E-state index contributed by atoms with van der Waals surface area (Å²) in [6.07, 6.45) is 6.43. The molecule has 2 heterocycles. The van der Waals surface area contributed by atoms with Gasteiger partial charge < -0.3 is 9.73 Å². The van der Waals surface area contributed by atoms with Gasteiger partial charge in [-0.3, -0.25) is 0 Å². The molecule has 2 aromatic heterocycles. The van der Waals surface area contributed by atoms with Crippen LogP contribution in [0, 0.1) is 11.3 Å². The lowest BCUT2D eigenvalue weighted by Gasteiger charge is -2.12. The van der Waals surface area contributed by atoms with Crippen LogP contribution in [-0.4, -0.2) is 21.0 Å². The Bertz CT molecular complexity index is 859. The van der Waals surface area contributed by atoms with Crippen molar-refractivity contribution in [2.24, 2.45) is 0 Å². The standard InChI is InChI=1S/C18H17N5O/c19-11-13(17-22-15-7-3-4-8-16(15)24-17)14-9-10-20-18(23-14)21-12-5-1-2-6-12/h3-4,7-10,12-13H,1-2,5-6H2,(H,20,21,23). The van der Waals surface area contributed by atoms with Crippen LogP contribution >= 0.6 is 0 Å². The van der Waals surface area contributed by atoms with Gasteiger partial charge in [0.25, 0.3) is 0 Å². The van der Waals surface area contributed by atoms with Gasteiger partial charge in [-0.15, -0.1) is 0 Å². The number of hydrogen-bond donors (Lipinski definition) is 1. The molecule has 1 atom stereocenters. The molecule has 0 amide bonds. The van der Waals surface area contributed by atoms with Gasteiger partial charge in [-0.1, -0.05) is 25.0 Å². The first-order valence-electron chi connectivity index (χ1n) is 8.18. The van der Waals surface area contributed by atoms with Crippen LogP contribution in [0.2, 0.25) is 0 Å². The molecule has 1 saturated carbocycles. The number of fused-ring (bicyclic) bond motifs is 1. The smallest absolute Gasteiger partial charge is 0.223 e. The van der Waals surface area contributed by atoms with Crippen molar-refractivity contribution >= 4 is 17.0 Å². The van der Waals surface area contributed by atoms with Crippen molar-refractivity contribution in [3.05, 3.63) is 48.1 Å². The predicted octanol–water partition coefficient (Wildman–Crippen LogP) is 3.63. The van der Waals surface area contributed by atoms with Gasteiger partial charge in [0, 0.05) is 12.2 Å². The Morgan fingerprint density at radius 1 is 1.17 bits per heavy atom. The van der Waals surface area contributed by atoms with Gasteiger partial charge in [-0.05, 0) is 31.0 Å². The predicted molar refractivity (Wildman–Crippen MR) is 89.4 cm³/mol. The maximum Gasteiger partial charge on any atom is 0.223 e. The van der Waals surface area contributed by atoms with Gasteiger partial charge in [-0.2, -0.15) is 5.26 Å². The van der Waals surface area contributed by atoms with E-state index in [0.717, 1.165) is 18.4 Å². The van der Waals surface area contributed by atoms with Crippen molar-refractivity contribution in [2.45, 2.75) is 37.6 Å². The molecule has 1 aliphatic rings. The number of oxazole rings is 1. The third-order valence-corrected chi connectivity index (χ3v) is 4.35. The van der Waals surface area contributed by atoms with Crippen molar-refractivity contribution in [2.75, 3.05) is 5.32 Å². The zero-order chi connectivity index (χ0) is 16.4. The van der Waals surface area contributed by atoms with Crippen molar-refractivity contribution in [3.8, 4) is 6.07 Å². The number of rotatable bonds is 4. The SMILES string of the molecule is N#CC(c1ccnc(NC2CCCC2)n1)c1nc2ccccc2o1. The summed E-state index contributed by atoms with van der Waals surface area (Å²) < 4.78 is 5.73. The summed E-state index contributed by atoms with van der Waals surface area (Å²) in [6, 6.07) is 11.9. The van der Waals surface area contributed by atoms with E-state index >= 15 is 0 Å². The van der Waals surface area contributed by atoms with Crippen LogP contribution in [0.15, 0.2) is 40.9 Å². The van der Waals surface area contributed by atoms with Crippen LogP contribution < -0.4 is 5.32 Å². The third-order valence-electron chi connectivity index (χ3n) is 4.35. The summed E-state index contributed by atoms with van der Waals surface area (Å²) in [5, 5.41) is 13.0. The van der Waals surface area contributed by atoms with E-state index in [0.29, 0.717) is 29.2 Å². The average molecular weight is 319 g/mol. The lowest BCUT2D eigenvalue weighted by atomic mass is 10.1. The topological polar surface area (TPSA) is 87.6 Å². The minimum Gasteiger partial charge on any atom is -0.439 e. The van der Waals surface area contributed by atoms with Crippen LogP contribution in [0.3, 0.4) is 0 Å². The highest BCUT2D eigenvalue weighted by Crippen LogP contribution is 2.26. The Hall–Kier alpha value is -2.94. The first-order valence-corrected chi connectivity index (χ1v) is 8.18. The largest absolute Gasteiger partial charge is 0.439 e. The van der Waals surface area contributed by atoms with Gasteiger partial charge in [0.2, 0.25) is 11.8 Å². The summed E-state index contributed by atoms with van der Waals surface area (Å²) >= 11 is 0. The number of nitriles is 1. The van der Waals surface area contributed by atoms with E-state index < -0.39 is 5.92 Å². The van der Waals surface area contributed by atoms with Crippen molar-refractivity contribution in [1.29, 1.82) is 5.26 Å². The van der Waals surface area contributed by atoms with E-state index in [2.05, 4.69) is 26.3 Å². The molecule has 0 bridgehead atoms. The van der Waals surface area contributed by atoms with E-state index in [1.807, 2.05) is 24.3 Å². The van der Waals surface area contributed by atoms with Crippen LogP contribution in [0.5, 0.6) is 0 Å². The zero-order valence-corrected chi connectivity index (χ0v) is 13.1. The van der Waals surface area contributed by atoms with E-state index in [9.17, 15) is 5.26 Å². The zero-order valence-electron chi connectivity index (χ0n) is 13.1. The van der Waals surface area contributed by atoms with E-state index in [4.69, 9.17) is 4.42 Å². The lowest BCUT2D eigenvalue weighted by Crippen LogP contribution is -2.17. The van der Waals surface area contributed by atoms with E-state index in [1.165, 1.54) is 12.8 Å². The van der Waals surface area contributed by atoms with Crippen molar-refractivity contribution in [3.63, 3.8) is 0 Å². The molecule has 1 aromatic carbocycles. The number of anilines is 1. The maximum absolute atomic E-state index is 9.60. The van der Waals surface area contributed by atoms with Crippen molar-refractivity contribution < 1.29 is 4.42 Å². The second kappa shape index (κ2) is 6.28. The summed E-state index contributed by atoms with van der Waals surface area (Å²) in [4.78, 5) is 13.2. The molecule has 0 saturated heterocycles. The third kappa shape index (κ3) is 2.81. The van der Waals surface area contributed by atoms with Gasteiger partial charge in [0.1, 0.15) is 5.52 Å². The molecular formula is C18H17N5O. The Balaban J connectivity index is 1.63. The summed E-state index contributed by atoms with van der Waals surface area (Å²) in [5.41, 5.74) is 2.01. The highest BCUT2D eigenvalue weighted by Gasteiger charge is 2.23. The second-order valence-corrected chi connectivity index (χ2v) is 6.01. The number of aromatic nitrogens is 3. The quantitative estimate of drug-likeness (QED) is 0.790. The molecule has 0 aliphatic heterocycles. The Morgan fingerprint density at radius 2 is 2.00 bits per heavy atom. The van der Waals surface area contributed by atoms with Crippen LogP contribution in [0.4, 0.5) is 5.95 Å². The first kappa shape index (κ1) is 14.6. The van der Waals surface area contributed by atoms with Gasteiger partial charge >= 0.3 is 0 Å². The molecule has 1 N–H and O–H groups in total. The minimum atomic E-state index is -0.649. The molecule has 1 fully saturated rings. The van der Waals surface area contributed by atoms with E-state index in [-0.39, 0.29) is 0 Å². The molecule has 1 unspecified atom stereocenters. The lowest BCUT2D eigenvalue weighted by molar-refractivity contribution is 0.525. The first-order chi connectivity index (χ1) is 11.8.